The van der Waals surface area contributed by atoms with Crippen molar-refractivity contribution < 1.29 is 14.3 Å². The van der Waals surface area contributed by atoms with E-state index >= 15 is 0 Å². The van der Waals surface area contributed by atoms with E-state index in [9.17, 15) is 9.59 Å². The second-order valence-corrected chi connectivity index (χ2v) is 3.28. The van der Waals surface area contributed by atoms with E-state index in [0.717, 1.165) is 5.56 Å². The Balaban J connectivity index is 0.000000325. The summed E-state index contributed by atoms with van der Waals surface area (Å²) in [4.78, 5) is 20.9. The molecule has 3 nitrogen and oxygen atoms in total. The second-order valence-electron chi connectivity index (χ2n) is 3.28. The highest BCUT2D eigenvalue weighted by Crippen LogP contribution is 2.01. The number of methoxy groups -OCH3 is 1. The maximum absolute atomic E-state index is 11.0. The number of Topliss-reactive ketones (excluding diaryl/α,β-unsaturated/α-hetero) is 2. The second kappa shape index (κ2) is 8.80. The number of carbonyl (C=O) groups is 2. The molecule has 16 heavy (non-hydrogen) atoms. The molecule has 88 valence electrons. The Hall–Kier alpha value is -1.48. The minimum atomic E-state index is 0.0671. The predicted octanol–water partition coefficient (Wildman–Crippen LogP) is 2.50. The maximum atomic E-state index is 11.0. The molecule has 0 saturated carbocycles. The summed E-state index contributed by atoms with van der Waals surface area (Å²) in [5.41, 5.74) is 0.810. The quantitative estimate of drug-likeness (QED) is 0.735. The topological polar surface area (TPSA) is 43.4 Å². The van der Waals surface area contributed by atoms with Crippen LogP contribution in [0.15, 0.2) is 30.3 Å². The van der Waals surface area contributed by atoms with Crippen LogP contribution in [-0.4, -0.2) is 25.3 Å². The van der Waals surface area contributed by atoms with E-state index in [0.29, 0.717) is 6.42 Å². The highest BCUT2D eigenvalue weighted by molar-refractivity contribution is 5.95. The van der Waals surface area contributed by atoms with Crippen molar-refractivity contribution >= 4 is 11.6 Å². The first-order chi connectivity index (χ1) is 7.61. The van der Waals surface area contributed by atoms with Gasteiger partial charge in [-0.3, -0.25) is 9.59 Å². The minimum Gasteiger partial charge on any atom is -0.377 e. The van der Waals surface area contributed by atoms with Crippen molar-refractivity contribution in [1.82, 2.24) is 0 Å². The molecule has 0 fully saturated rings. The van der Waals surface area contributed by atoms with E-state index in [1.165, 1.54) is 14.0 Å². The van der Waals surface area contributed by atoms with Crippen LogP contribution in [0.1, 0.15) is 30.6 Å². The zero-order chi connectivity index (χ0) is 12.4. The van der Waals surface area contributed by atoms with E-state index in [4.69, 9.17) is 0 Å². The zero-order valence-electron chi connectivity index (χ0n) is 10.0. The van der Waals surface area contributed by atoms with Gasteiger partial charge in [0, 0.05) is 19.1 Å². The zero-order valence-corrected chi connectivity index (χ0v) is 10.0. The Morgan fingerprint density at radius 3 is 2.06 bits per heavy atom. The molecule has 0 bridgehead atoms. The number of carbonyl (C=O) groups excluding carboxylic acids is 2. The lowest BCUT2D eigenvalue weighted by atomic mass is 10.1. The number of hydrogen-bond donors (Lipinski definition) is 0. The molecule has 0 radical (unpaired) electrons. The van der Waals surface area contributed by atoms with Crippen molar-refractivity contribution in [2.24, 2.45) is 0 Å². The fourth-order valence-corrected chi connectivity index (χ4v) is 1.03. The number of rotatable bonds is 4. The van der Waals surface area contributed by atoms with Gasteiger partial charge in [-0.1, -0.05) is 37.3 Å². The fraction of sp³-hybridized carbons (Fsp3) is 0.385. The van der Waals surface area contributed by atoms with E-state index in [-0.39, 0.29) is 18.2 Å². The maximum Gasteiger partial charge on any atom is 0.162 e. The van der Waals surface area contributed by atoms with Crippen molar-refractivity contribution in [2.45, 2.75) is 20.3 Å². The van der Waals surface area contributed by atoms with Crippen LogP contribution < -0.4 is 0 Å². The molecule has 1 aromatic carbocycles. The lowest BCUT2D eigenvalue weighted by Gasteiger charge is -1.93. The Morgan fingerprint density at radius 2 is 1.75 bits per heavy atom. The summed E-state index contributed by atoms with van der Waals surface area (Å²) in [6.07, 6.45) is 0.587. The number of ether oxygens (including phenoxy) is 1. The summed E-state index contributed by atoms with van der Waals surface area (Å²) in [5, 5.41) is 0. The number of benzene rings is 1. The summed E-state index contributed by atoms with van der Waals surface area (Å²) in [6, 6.07) is 9.34. The SMILES string of the molecule is CCC(=O)c1ccccc1.COCC(C)=O. The average Bonchev–Trinajstić information content (AvgIpc) is 2.30. The van der Waals surface area contributed by atoms with Crippen molar-refractivity contribution in [3.63, 3.8) is 0 Å². The normalized spacial score (nSPS) is 8.94. The van der Waals surface area contributed by atoms with Crippen LogP contribution >= 0.6 is 0 Å². The summed E-state index contributed by atoms with van der Waals surface area (Å²) < 4.78 is 4.45. The molecule has 1 rings (SSSR count). The number of ketones is 2. The molecule has 3 heteroatoms. The highest BCUT2D eigenvalue weighted by Gasteiger charge is 1.98. The fourth-order valence-electron chi connectivity index (χ4n) is 1.03. The van der Waals surface area contributed by atoms with E-state index in [1.54, 1.807) is 0 Å². The third-order valence-electron chi connectivity index (χ3n) is 1.76. The van der Waals surface area contributed by atoms with Gasteiger partial charge in [-0.05, 0) is 6.92 Å². The van der Waals surface area contributed by atoms with Gasteiger partial charge in [0.2, 0.25) is 0 Å². The predicted molar refractivity (Wildman–Crippen MR) is 63.6 cm³/mol. The van der Waals surface area contributed by atoms with Gasteiger partial charge in [0.1, 0.15) is 6.61 Å². The number of hydrogen-bond acceptors (Lipinski definition) is 3. The molecule has 0 aliphatic heterocycles. The van der Waals surface area contributed by atoms with Crippen molar-refractivity contribution in [3.8, 4) is 0 Å². The Kier molecular flexibility index (Phi) is 7.98. The monoisotopic (exact) mass is 222 g/mol. The molecule has 0 heterocycles. The average molecular weight is 222 g/mol. The van der Waals surface area contributed by atoms with Crippen LogP contribution in [0.2, 0.25) is 0 Å². The van der Waals surface area contributed by atoms with Crippen LogP contribution in [0.25, 0.3) is 0 Å². The third-order valence-corrected chi connectivity index (χ3v) is 1.76. The van der Waals surface area contributed by atoms with Crippen molar-refractivity contribution in [3.05, 3.63) is 35.9 Å². The van der Waals surface area contributed by atoms with Crippen LogP contribution in [0, 0.1) is 0 Å². The molecule has 0 N–H and O–H groups in total. The Morgan fingerprint density at radius 1 is 1.19 bits per heavy atom. The first kappa shape index (κ1) is 14.5. The van der Waals surface area contributed by atoms with Gasteiger partial charge in [0.05, 0.1) is 0 Å². The molecular weight excluding hydrogens is 204 g/mol. The van der Waals surface area contributed by atoms with Crippen LogP contribution in [0.5, 0.6) is 0 Å². The first-order valence-electron chi connectivity index (χ1n) is 5.18. The summed E-state index contributed by atoms with van der Waals surface area (Å²) in [7, 11) is 1.50. The van der Waals surface area contributed by atoms with Gasteiger partial charge in [-0.2, -0.15) is 0 Å². The lowest BCUT2D eigenvalue weighted by molar-refractivity contribution is -0.120. The van der Waals surface area contributed by atoms with E-state index in [1.807, 2.05) is 37.3 Å². The standard InChI is InChI=1S/C9H10O.C4H8O2/c1-2-9(10)8-6-4-3-5-7-8;1-4(5)3-6-2/h3-7H,2H2,1H3;3H2,1-2H3. The van der Waals surface area contributed by atoms with Crippen molar-refractivity contribution in [2.75, 3.05) is 13.7 Å². The molecule has 0 atom stereocenters. The molecular formula is C13H18O3. The molecule has 0 spiro atoms. The van der Waals surface area contributed by atoms with Gasteiger partial charge >= 0.3 is 0 Å². The summed E-state index contributed by atoms with van der Waals surface area (Å²) in [6.45, 7) is 3.60. The van der Waals surface area contributed by atoms with E-state index < -0.39 is 0 Å². The third kappa shape index (κ3) is 6.90. The van der Waals surface area contributed by atoms with Gasteiger partial charge in [0.15, 0.2) is 11.6 Å². The molecule has 0 saturated heterocycles. The van der Waals surface area contributed by atoms with Gasteiger partial charge < -0.3 is 4.74 Å². The van der Waals surface area contributed by atoms with Gasteiger partial charge in [-0.25, -0.2) is 0 Å². The Labute approximate surface area is 96.4 Å². The minimum absolute atomic E-state index is 0.0671. The summed E-state index contributed by atoms with van der Waals surface area (Å²) in [5.74, 6) is 0.276. The lowest BCUT2D eigenvalue weighted by Crippen LogP contribution is -1.98. The van der Waals surface area contributed by atoms with Crippen LogP contribution in [-0.2, 0) is 9.53 Å². The largest absolute Gasteiger partial charge is 0.377 e. The Bertz CT molecular complexity index is 317. The van der Waals surface area contributed by atoms with E-state index in [2.05, 4.69) is 4.74 Å². The van der Waals surface area contributed by atoms with Crippen LogP contribution in [0.3, 0.4) is 0 Å². The summed E-state index contributed by atoms with van der Waals surface area (Å²) >= 11 is 0. The molecule has 0 aromatic heterocycles. The molecule has 0 aliphatic rings. The van der Waals surface area contributed by atoms with Gasteiger partial charge in [0.25, 0.3) is 0 Å². The highest BCUT2D eigenvalue weighted by atomic mass is 16.5. The molecule has 0 unspecified atom stereocenters. The molecule has 1 aromatic rings. The first-order valence-corrected chi connectivity index (χ1v) is 5.18. The van der Waals surface area contributed by atoms with Crippen LogP contribution in [0.4, 0.5) is 0 Å². The molecule has 0 aliphatic carbocycles. The van der Waals surface area contributed by atoms with Crippen molar-refractivity contribution in [1.29, 1.82) is 0 Å². The van der Waals surface area contributed by atoms with Gasteiger partial charge in [-0.15, -0.1) is 0 Å². The molecule has 0 amide bonds. The smallest absolute Gasteiger partial charge is 0.162 e.